The third kappa shape index (κ3) is 4.69. The lowest BCUT2D eigenvalue weighted by Crippen LogP contribution is -2.35. The highest BCUT2D eigenvalue weighted by atomic mass is 16.5. The molecule has 0 amide bonds. The first-order chi connectivity index (χ1) is 5.72. The summed E-state index contributed by atoms with van der Waals surface area (Å²) in [4.78, 5) is 11.0. The lowest BCUT2D eigenvalue weighted by Gasteiger charge is -2.10. The van der Waals surface area contributed by atoms with Crippen LogP contribution in [0.1, 0.15) is 20.3 Å². The van der Waals surface area contributed by atoms with Crippen molar-refractivity contribution in [3.05, 3.63) is 0 Å². The molecule has 1 atom stereocenters. The Bertz CT molecular complexity index is 174. The van der Waals surface area contributed by atoms with Crippen molar-refractivity contribution in [3.8, 4) is 6.07 Å². The molecule has 0 radical (unpaired) electrons. The zero-order valence-corrected chi connectivity index (χ0v) is 7.46. The average Bonchev–Trinajstić information content (AvgIpc) is 2.05. The molecule has 0 aliphatic rings. The van der Waals surface area contributed by atoms with Crippen LogP contribution in [-0.2, 0) is 9.53 Å². The first kappa shape index (κ1) is 10.9. The molecule has 0 saturated carbocycles. The van der Waals surface area contributed by atoms with Gasteiger partial charge in [0.05, 0.1) is 12.7 Å². The van der Waals surface area contributed by atoms with Gasteiger partial charge in [0.25, 0.3) is 0 Å². The van der Waals surface area contributed by atoms with Crippen molar-refractivity contribution in [1.29, 1.82) is 5.26 Å². The average molecular weight is 170 g/mol. The first-order valence-corrected chi connectivity index (χ1v) is 3.99. The Morgan fingerprint density at radius 3 is 2.92 bits per heavy atom. The van der Waals surface area contributed by atoms with Gasteiger partial charge in [-0.15, -0.1) is 0 Å². The van der Waals surface area contributed by atoms with Gasteiger partial charge in [0, 0.05) is 13.0 Å². The van der Waals surface area contributed by atoms with Crippen molar-refractivity contribution < 1.29 is 9.53 Å². The van der Waals surface area contributed by atoms with E-state index < -0.39 is 0 Å². The number of esters is 1. The maximum Gasteiger partial charge on any atom is 0.322 e. The van der Waals surface area contributed by atoms with Crippen LogP contribution in [0.2, 0.25) is 0 Å². The van der Waals surface area contributed by atoms with Crippen molar-refractivity contribution >= 4 is 5.97 Å². The molecule has 0 spiro atoms. The molecule has 0 bridgehead atoms. The van der Waals surface area contributed by atoms with Gasteiger partial charge >= 0.3 is 5.97 Å². The molecular formula is C8H14N2O2. The van der Waals surface area contributed by atoms with Crippen molar-refractivity contribution in [3.63, 3.8) is 0 Å². The zero-order chi connectivity index (χ0) is 9.40. The van der Waals surface area contributed by atoms with E-state index in [4.69, 9.17) is 10.00 Å². The topological polar surface area (TPSA) is 62.1 Å². The zero-order valence-electron chi connectivity index (χ0n) is 7.46. The molecule has 68 valence electrons. The van der Waals surface area contributed by atoms with E-state index >= 15 is 0 Å². The lowest BCUT2D eigenvalue weighted by molar-refractivity contribution is -0.145. The van der Waals surface area contributed by atoms with E-state index in [1.807, 2.05) is 6.07 Å². The quantitative estimate of drug-likeness (QED) is 0.480. The summed E-state index contributed by atoms with van der Waals surface area (Å²) in [6.07, 6.45) is 0.406. The van der Waals surface area contributed by atoms with Crippen LogP contribution in [0.15, 0.2) is 0 Å². The lowest BCUT2D eigenvalue weighted by atomic mass is 10.3. The highest BCUT2D eigenvalue weighted by Gasteiger charge is 2.11. The summed E-state index contributed by atoms with van der Waals surface area (Å²) in [5.74, 6) is -0.268. The van der Waals surface area contributed by atoms with Crippen molar-refractivity contribution in [2.75, 3.05) is 13.2 Å². The number of carbonyl (C=O) groups is 1. The summed E-state index contributed by atoms with van der Waals surface area (Å²) in [6, 6.07) is 1.66. The Morgan fingerprint density at radius 1 is 1.75 bits per heavy atom. The van der Waals surface area contributed by atoms with Gasteiger partial charge in [-0.05, 0) is 13.8 Å². The Balaban J connectivity index is 3.51. The second-order valence-electron chi connectivity index (χ2n) is 2.34. The predicted octanol–water partition coefficient (Wildman–Crippen LogP) is 0.441. The van der Waals surface area contributed by atoms with Crippen LogP contribution in [0.4, 0.5) is 0 Å². The maximum absolute atomic E-state index is 11.0. The number of nitriles is 1. The SMILES string of the molecule is CCOC(=O)[C@H](C)NCCC#N. The van der Waals surface area contributed by atoms with E-state index in [-0.39, 0.29) is 12.0 Å². The summed E-state index contributed by atoms with van der Waals surface area (Å²) in [5, 5.41) is 11.1. The van der Waals surface area contributed by atoms with E-state index in [1.165, 1.54) is 0 Å². The Kier molecular flexibility index (Phi) is 6.02. The number of hydrogen-bond donors (Lipinski definition) is 1. The molecule has 0 rings (SSSR count). The van der Waals surface area contributed by atoms with E-state index in [9.17, 15) is 4.79 Å². The van der Waals surface area contributed by atoms with Crippen molar-refractivity contribution in [2.45, 2.75) is 26.3 Å². The molecule has 4 heteroatoms. The van der Waals surface area contributed by atoms with Crippen molar-refractivity contribution in [2.24, 2.45) is 0 Å². The fourth-order valence-electron chi connectivity index (χ4n) is 0.695. The van der Waals surface area contributed by atoms with Crippen LogP contribution >= 0.6 is 0 Å². The van der Waals surface area contributed by atoms with Gasteiger partial charge in [-0.3, -0.25) is 4.79 Å². The highest BCUT2D eigenvalue weighted by molar-refractivity contribution is 5.75. The standard InChI is InChI=1S/C8H14N2O2/c1-3-12-8(11)7(2)10-6-4-5-9/h7,10H,3-4,6H2,1-2H3/t7-/m0/s1. The van der Waals surface area contributed by atoms with E-state index in [2.05, 4.69) is 5.32 Å². The minimum absolute atomic E-state index is 0.268. The number of carbonyl (C=O) groups excluding carboxylic acids is 1. The highest BCUT2D eigenvalue weighted by Crippen LogP contribution is 1.87. The predicted molar refractivity (Wildman–Crippen MR) is 44.3 cm³/mol. The van der Waals surface area contributed by atoms with Crippen LogP contribution < -0.4 is 5.32 Å². The maximum atomic E-state index is 11.0. The summed E-state index contributed by atoms with van der Waals surface area (Å²) in [6.45, 7) is 4.40. The molecule has 0 unspecified atom stereocenters. The number of hydrogen-bond acceptors (Lipinski definition) is 4. The Morgan fingerprint density at radius 2 is 2.42 bits per heavy atom. The largest absolute Gasteiger partial charge is 0.465 e. The summed E-state index contributed by atoms with van der Waals surface area (Å²) in [7, 11) is 0. The number of rotatable bonds is 5. The number of nitrogens with zero attached hydrogens (tertiary/aromatic N) is 1. The number of ether oxygens (including phenoxy) is 1. The van der Waals surface area contributed by atoms with E-state index in [1.54, 1.807) is 13.8 Å². The molecule has 0 heterocycles. The van der Waals surface area contributed by atoms with Gasteiger partial charge < -0.3 is 10.1 Å². The third-order valence-corrected chi connectivity index (χ3v) is 1.33. The van der Waals surface area contributed by atoms with Gasteiger partial charge in [-0.25, -0.2) is 0 Å². The van der Waals surface area contributed by atoms with Crippen LogP contribution in [0.25, 0.3) is 0 Å². The van der Waals surface area contributed by atoms with Gasteiger partial charge in [0.2, 0.25) is 0 Å². The summed E-state index contributed by atoms with van der Waals surface area (Å²) < 4.78 is 4.75. The molecule has 0 fully saturated rings. The molecule has 0 aromatic heterocycles. The Labute approximate surface area is 72.5 Å². The second-order valence-corrected chi connectivity index (χ2v) is 2.34. The molecule has 0 saturated heterocycles. The fraction of sp³-hybridized carbons (Fsp3) is 0.750. The van der Waals surface area contributed by atoms with Gasteiger partial charge in [0.1, 0.15) is 6.04 Å². The van der Waals surface area contributed by atoms with Gasteiger partial charge in [-0.1, -0.05) is 0 Å². The van der Waals surface area contributed by atoms with Crippen LogP contribution in [-0.4, -0.2) is 25.2 Å². The van der Waals surface area contributed by atoms with Crippen LogP contribution in [0.5, 0.6) is 0 Å². The van der Waals surface area contributed by atoms with Gasteiger partial charge in [-0.2, -0.15) is 5.26 Å². The molecule has 1 N–H and O–H groups in total. The number of nitrogens with one attached hydrogen (secondary N) is 1. The normalized spacial score (nSPS) is 11.8. The minimum atomic E-state index is -0.321. The second kappa shape index (κ2) is 6.62. The molecule has 0 aliphatic heterocycles. The Hall–Kier alpha value is -1.08. The molecule has 12 heavy (non-hydrogen) atoms. The first-order valence-electron chi connectivity index (χ1n) is 3.99. The smallest absolute Gasteiger partial charge is 0.322 e. The molecular weight excluding hydrogens is 156 g/mol. The van der Waals surface area contributed by atoms with Crippen molar-refractivity contribution in [1.82, 2.24) is 5.32 Å². The summed E-state index contributed by atoms with van der Waals surface area (Å²) >= 11 is 0. The van der Waals surface area contributed by atoms with E-state index in [0.717, 1.165) is 0 Å². The molecule has 4 nitrogen and oxygen atoms in total. The van der Waals surface area contributed by atoms with Gasteiger partial charge in [0.15, 0.2) is 0 Å². The van der Waals surface area contributed by atoms with Crippen LogP contribution in [0, 0.1) is 11.3 Å². The summed E-state index contributed by atoms with van der Waals surface area (Å²) in [5.41, 5.74) is 0. The molecule has 0 aliphatic carbocycles. The fourth-order valence-corrected chi connectivity index (χ4v) is 0.695. The monoisotopic (exact) mass is 170 g/mol. The third-order valence-electron chi connectivity index (χ3n) is 1.33. The molecule has 0 aromatic rings. The molecule has 0 aromatic carbocycles. The van der Waals surface area contributed by atoms with E-state index in [0.29, 0.717) is 19.6 Å². The van der Waals surface area contributed by atoms with Crippen LogP contribution in [0.3, 0.4) is 0 Å². The minimum Gasteiger partial charge on any atom is -0.465 e.